The maximum Gasteiger partial charge on any atom is 0.230 e. The Bertz CT molecular complexity index is 419. The van der Waals surface area contributed by atoms with Gasteiger partial charge in [0, 0.05) is 10.4 Å². The van der Waals surface area contributed by atoms with Gasteiger partial charge in [0.05, 0.1) is 10.7 Å². The van der Waals surface area contributed by atoms with E-state index in [0.717, 1.165) is 0 Å². The quantitative estimate of drug-likeness (QED) is 0.885. The zero-order chi connectivity index (χ0) is 13.1. The van der Waals surface area contributed by atoms with Gasteiger partial charge in [-0.1, -0.05) is 37.0 Å². The van der Waals surface area contributed by atoms with Crippen LogP contribution in [0, 0.1) is 5.41 Å². The molecule has 1 aromatic carbocycles. The fourth-order valence-electron chi connectivity index (χ4n) is 1.36. The van der Waals surface area contributed by atoms with E-state index in [1.165, 1.54) is 0 Å². The summed E-state index contributed by atoms with van der Waals surface area (Å²) in [6.45, 7) is 4.16. The molecular weight excluding hydrogens is 259 g/mol. The van der Waals surface area contributed by atoms with Crippen LogP contribution in [0.5, 0.6) is 0 Å². The first-order chi connectivity index (χ1) is 7.86. The first kappa shape index (κ1) is 14.3. The van der Waals surface area contributed by atoms with E-state index in [1.807, 2.05) is 13.8 Å². The first-order valence-corrected chi connectivity index (χ1v) is 6.09. The highest BCUT2D eigenvalue weighted by atomic mass is 35.5. The fourth-order valence-corrected chi connectivity index (χ4v) is 1.81. The molecule has 3 N–H and O–H groups in total. The van der Waals surface area contributed by atoms with Gasteiger partial charge in [-0.3, -0.25) is 4.79 Å². The number of hydrogen-bond acceptors (Lipinski definition) is 2. The van der Waals surface area contributed by atoms with E-state index < -0.39 is 5.41 Å². The Morgan fingerprint density at radius 1 is 1.41 bits per heavy atom. The second-order valence-corrected chi connectivity index (χ2v) is 5.34. The van der Waals surface area contributed by atoms with E-state index in [4.69, 9.17) is 28.9 Å². The molecule has 5 heteroatoms. The monoisotopic (exact) mass is 274 g/mol. The molecule has 3 nitrogen and oxygen atoms in total. The number of halogens is 2. The molecule has 17 heavy (non-hydrogen) atoms. The Labute approximate surface area is 111 Å². The molecule has 0 aromatic heterocycles. The van der Waals surface area contributed by atoms with Crippen molar-refractivity contribution in [2.45, 2.75) is 20.3 Å². The van der Waals surface area contributed by atoms with Gasteiger partial charge in [0.1, 0.15) is 0 Å². The van der Waals surface area contributed by atoms with Gasteiger partial charge in [-0.2, -0.15) is 0 Å². The van der Waals surface area contributed by atoms with Crippen LogP contribution in [0.15, 0.2) is 18.2 Å². The third-order valence-electron chi connectivity index (χ3n) is 2.56. The predicted molar refractivity (Wildman–Crippen MR) is 72.5 cm³/mol. The molecule has 0 saturated carbocycles. The maximum atomic E-state index is 12.0. The van der Waals surface area contributed by atoms with Crippen molar-refractivity contribution in [2.75, 3.05) is 11.9 Å². The lowest BCUT2D eigenvalue weighted by Crippen LogP contribution is -2.32. The second kappa shape index (κ2) is 5.71. The number of nitrogens with two attached hydrogens (primary N) is 1. The summed E-state index contributed by atoms with van der Waals surface area (Å²) in [5.41, 5.74) is 5.52. The summed E-state index contributed by atoms with van der Waals surface area (Å²) in [5.74, 6) is -0.104. The lowest BCUT2D eigenvalue weighted by Gasteiger charge is -2.23. The van der Waals surface area contributed by atoms with E-state index in [9.17, 15) is 4.79 Å². The van der Waals surface area contributed by atoms with Crippen molar-refractivity contribution in [1.82, 2.24) is 0 Å². The van der Waals surface area contributed by atoms with Crippen molar-refractivity contribution in [2.24, 2.45) is 11.1 Å². The summed E-state index contributed by atoms with van der Waals surface area (Å²) in [4.78, 5) is 12.0. The molecule has 0 spiro atoms. The number of amides is 1. The smallest absolute Gasteiger partial charge is 0.230 e. The molecule has 0 aliphatic heterocycles. The summed E-state index contributed by atoms with van der Waals surface area (Å²) in [5, 5.41) is 3.74. The Kier molecular flexibility index (Phi) is 4.80. The topological polar surface area (TPSA) is 55.1 Å². The minimum absolute atomic E-state index is 0.104. The van der Waals surface area contributed by atoms with Crippen LogP contribution in [0.4, 0.5) is 5.69 Å². The number of hydrogen-bond donors (Lipinski definition) is 2. The molecule has 0 atom stereocenters. The highest BCUT2D eigenvalue weighted by Gasteiger charge is 2.27. The van der Waals surface area contributed by atoms with Gasteiger partial charge in [-0.05, 0) is 31.2 Å². The molecule has 1 rings (SSSR count). The number of carbonyl (C=O) groups is 1. The summed E-state index contributed by atoms with van der Waals surface area (Å²) < 4.78 is 0. The van der Waals surface area contributed by atoms with Crippen LogP contribution in [0.3, 0.4) is 0 Å². The lowest BCUT2D eigenvalue weighted by molar-refractivity contribution is -0.124. The van der Waals surface area contributed by atoms with Gasteiger partial charge in [-0.25, -0.2) is 0 Å². The number of nitrogens with one attached hydrogen (secondary N) is 1. The summed E-state index contributed by atoms with van der Waals surface area (Å²) in [6, 6.07) is 4.95. The van der Waals surface area contributed by atoms with E-state index >= 15 is 0 Å². The highest BCUT2D eigenvalue weighted by Crippen LogP contribution is 2.28. The van der Waals surface area contributed by atoms with Crippen LogP contribution in [0.25, 0.3) is 0 Å². The van der Waals surface area contributed by atoms with E-state index in [2.05, 4.69) is 5.32 Å². The summed E-state index contributed by atoms with van der Waals surface area (Å²) >= 11 is 11.8. The van der Waals surface area contributed by atoms with Crippen molar-refractivity contribution >= 4 is 34.8 Å². The fraction of sp³-hybridized carbons (Fsp3) is 0.417. The number of rotatable bonds is 4. The zero-order valence-electron chi connectivity index (χ0n) is 9.89. The standard InChI is InChI=1S/C12H16Cl2N2O/c1-12(2,5-6-15)11(17)16-10-4-3-8(13)7-9(10)14/h3-4,7H,5-6,15H2,1-2H3,(H,16,17). The molecule has 1 amide bonds. The Balaban J connectivity index is 2.81. The Hall–Kier alpha value is -0.770. The molecule has 0 aliphatic carbocycles. The van der Waals surface area contributed by atoms with Gasteiger partial charge >= 0.3 is 0 Å². The van der Waals surface area contributed by atoms with Gasteiger partial charge < -0.3 is 11.1 Å². The molecule has 0 bridgehead atoms. The van der Waals surface area contributed by atoms with Crippen molar-refractivity contribution in [3.63, 3.8) is 0 Å². The average Bonchev–Trinajstić information content (AvgIpc) is 2.22. The normalized spacial score (nSPS) is 11.4. The van der Waals surface area contributed by atoms with Crippen LogP contribution >= 0.6 is 23.2 Å². The maximum absolute atomic E-state index is 12.0. The molecule has 0 fully saturated rings. The van der Waals surface area contributed by atoms with E-state index in [0.29, 0.717) is 28.7 Å². The second-order valence-electron chi connectivity index (χ2n) is 4.50. The van der Waals surface area contributed by atoms with Crippen molar-refractivity contribution in [3.8, 4) is 0 Å². The Morgan fingerprint density at radius 2 is 2.06 bits per heavy atom. The lowest BCUT2D eigenvalue weighted by atomic mass is 9.88. The van der Waals surface area contributed by atoms with Crippen LogP contribution in [0.1, 0.15) is 20.3 Å². The van der Waals surface area contributed by atoms with Crippen LogP contribution in [-0.4, -0.2) is 12.5 Å². The summed E-state index contributed by atoms with van der Waals surface area (Å²) in [6.07, 6.45) is 0.615. The van der Waals surface area contributed by atoms with Crippen LogP contribution in [0.2, 0.25) is 10.0 Å². The van der Waals surface area contributed by atoms with Crippen molar-refractivity contribution in [3.05, 3.63) is 28.2 Å². The number of carbonyl (C=O) groups excluding carboxylic acids is 1. The number of anilines is 1. The molecule has 0 aliphatic rings. The van der Waals surface area contributed by atoms with E-state index in [1.54, 1.807) is 18.2 Å². The molecule has 94 valence electrons. The largest absolute Gasteiger partial charge is 0.330 e. The molecule has 1 aromatic rings. The summed E-state index contributed by atoms with van der Waals surface area (Å²) in [7, 11) is 0. The first-order valence-electron chi connectivity index (χ1n) is 5.33. The van der Waals surface area contributed by atoms with Gasteiger partial charge in [0.2, 0.25) is 5.91 Å². The van der Waals surface area contributed by atoms with Gasteiger partial charge in [-0.15, -0.1) is 0 Å². The average molecular weight is 275 g/mol. The van der Waals surface area contributed by atoms with Gasteiger partial charge in [0.25, 0.3) is 0 Å². The molecule has 0 saturated heterocycles. The van der Waals surface area contributed by atoms with Crippen molar-refractivity contribution in [1.29, 1.82) is 0 Å². The van der Waals surface area contributed by atoms with Crippen LogP contribution in [-0.2, 0) is 4.79 Å². The molecular formula is C12H16Cl2N2O. The van der Waals surface area contributed by atoms with Crippen LogP contribution < -0.4 is 11.1 Å². The highest BCUT2D eigenvalue weighted by molar-refractivity contribution is 6.36. The number of benzene rings is 1. The third kappa shape index (κ3) is 3.87. The SMILES string of the molecule is CC(C)(CCN)C(=O)Nc1ccc(Cl)cc1Cl. The zero-order valence-corrected chi connectivity index (χ0v) is 11.4. The molecule has 0 unspecified atom stereocenters. The van der Waals surface area contributed by atoms with Gasteiger partial charge in [0.15, 0.2) is 0 Å². The minimum Gasteiger partial charge on any atom is -0.330 e. The van der Waals surface area contributed by atoms with Crippen molar-refractivity contribution < 1.29 is 4.79 Å². The Morgan fingerprint density at radius 3 is 2.59 bits per heavy atom. The minimum atomic E-state index is -0.516. The molecule has 0 heterocycles. The predicted octanol–water partition coefficient (Wildman–Crippen LogP) is 3.31. The third-order valence-corrected chi connectivity index (χ3v) is 3.11. The molecule has 0 radical (unpaired) electrons. The van der Waals surface area contributed by atoms with E-state index in [-0.39, 0.29) is 5.91 Å².